The normalized spacial score (nSPS) is 25.1. The first kappa shape index (κ1) is 43.9. The third-order valence-corrected chi connectivity index (χ3v) is 12.7. The van der Waals surface area contributed by atoms with Crippen LogP contribution in [0.3, 0.4) is 0 Å². The summed E-state index contributed by atoms with van der Waals surface area (Å²) in [6, 6.07) is 14.5. The van der Waals surface area contributed by atoms with Crippen LogP contribution in [-0.4, -0.2) is 90.3 Å². The van der Waals surface area contributed by atoms with E-state index in [1.807, 2.05) is 35.2 Å². The maximum atomic E-state index is 13.7. The van der Waals surface area contributed by atoms with Crippen LogP contribution in [-0.2, 0) is 41.5 Å². The number of hydrogen-bond donors (Lipinski definition) is 4. The molecule has 0 unspecified atom stereocenters. The number of ether oxygens (including phenoxy) is 2. The lowest BCUT2D eigenvalue weighted by molar-refractivity contribution is -0.199. The minimum absolute atomic E-state index is 0.0365. The molecule has 3 aliphatic carbocycles. The molecule has 3 saturated carbocycles. The van der Waals surface area contributed by atoms with Gasteiger partial charge in [-0.15, -0.1) is 0 Å². The van der Waals surface area contributed by atoms with E-state index in [2.05, 4.69) is 42.0 Å². The van der Waals surface area contributed by atoms with Crippen LogP contribution in [0.4, 0.5) is 9.59 Å². The van der Waals surface area contributed by atoms with Crippen LogP contribution in [0.25, 0.3) is 0 Å². The van der Waals surface area contributed by atoms with Gasteiger partial charge in [0.2, 0.25) is 11.8 Å². The van der Waals surface area contributed by atoms with Crippen LogP contribution in [0.2, 0.25) is 0 Å². The fraction of sp³-hybridized carbons (Fsp3) is 0.614. The summed E-state index contributed by atoms with van der Waals surface area (Å²) in [7, 11) is -0.476. The maximum absolute atomic E-state index is 13.7. The molecule has 15 heteroatoms. The van der Waals surface area contributed by atoms with Crippen LogP contribution in [0, 0.1) is 17.3 Å². The molecule has 7 rings (SSSR count). The largest absolute Gasteiger partial charge is 0.481 e. The number of unbranched alkanes of at least 4 members (excludes halogenated alkanes) is 1. The second-order valence-corrected chi connectivity index (χ2v) is 18.4. The molecular formula is C44H62BN5O9. The van der Waals surface area contributed by atoms with E-state index in [0.29, 0.717) is 49.8 Å². The first-order valence-electron chi connectivity index (χ1n) is 21.2. The summed E-state index contributed by atoms with van der Waals surface area (Å²) >= 11 is 0. The molecule has 5 amide bonds. The second kappa shape index (κ2) is 18.3. The fourth-order valence-corrected chi connectivity index (χ4v) is 9.25. The third kappa shape index (κ3) is 10.6. The van der Waals surface area contributed by atoms with Crippen LogP contribution in [0.1, 0.15) is 115 Å². The summed E-state index contributed by atoms with van der Waals surface area (Å²) in [5.74, 6) is -0.0721. The van der Waals surface area contributed by atoms with E-state index in [1.165, 1.54) is 0 Å². The van der Waals surface area contributed by atoms with E-state index in [9.17, 15) is 24.0 Å². The standard InChI is InChI=1S/C44H62BN5O9/c1-28(39(53)50-23-13-17-36(50)45-58-35-25-32-24-34(43(32,5)6)44(35,7)59-45)48-37(51)31-20-18-29(19-21-31)26-47-38(52)33(49-41(55)57-42(2,3)4)16-11-12-22-46-40(54)56-27-30-14-9-8-10-15-30/h8-10,14-15,18-21,28,32-36H,11-13,16-17,22-27H2,1-7H3,(H,46,54)(H,47,52)(H,48,51)(H,49,55)/t28-,32+,33+,34+,35-,36+,44+/m1/s1. The molecule has 2 heterocycles. The highest BCUT2D eigenvalue weighted by molar-refractivity contribution is 6.48. The predicted molar refractivity (Wildman–Crippen MR) is 222 cm³/mol. The number of amides is 5. The van der Waals surface area contributed by atoms with Gasteiger partial charge in [-0.3, -0.25) is 14.4 Å². The lowest BCUT2D eigenvalue weighted by Crippen LogP contribution is -2.65. The Labute approximate surface area is 348 Å². The Bertz CT molecular complexity index is 1820. The summed E-state index contributed by atoms with van der Waals surface area (Å²) < 4.78 is 23.9. The molecule has 5 aliphatic rings. The Morgan fingerprint density at radius 3 is 2.34 bits per heavy atom. The Balaban J connectivity index is 0.952. The minimum Gasteiger partial charge on any atom is -0.445 e. The third-order valence-electron chi connectivity index (χ3n) is 12.7. The van der Waals surface area contributed by atoms with Gasteiger partial charge in [0.1, 0.15) is 24.3 Å². The highest BCUT2D eigenvalue weighted by Crippen LogP contribution is 2.66. The smallest absolute Gasteiger partial charge is 0.445 e. The highest BCUT2D eigenvalue weighted by atomic mass is 16.7. The van der Waals surface area contributed by atoms with E-state index >= 15 is 0 Å². The summed E-state index contributed by atoms with van der Waals surface area (Å²) in [5, 5.41) is 11.1. The molecule has 4 N–H and O–H groups in total. The molecule has 59 heavy (non-hydrogen) atoms. The van der Waals surface area contributed by atoms with Gasteiger partial charge >= 0.3 is 19.3 Å². The molecule has 2 saturated heterocycles. The topological polar surface area (TPSA) is 174 Å². The molecule has 2 aromatic carbocycles. The molecule has 0 spiro atoms. The van der Waals surface area contributed by atoms with Crippen LogP contribution in [0.15, 0.2) is 54.6 Å². The second-order valence-electron chi connectivity index (χ2n) is 18.4. The van der Waals surface area contributed by atoms with Gasteiger partial charge in [-0.2, -0.15) is 0 Å². The molecule has 2 bridgehead atoms. The Hall–Kier alpha value is -4.63. The van der Waals surface area contributed by atoms with E-state index in [0.717, 1.165) is 36.8 Å². The highest BCUT2D eigenvalue weighted by Gasteiger charge is 2.69. The molecule has 7 atom stereocenters. The van der Waals surface area contributed by atoms with Crippen molar-refractivity contribution in [1.82, 2.24) is 26.2 Å². The molecule has 2 aromatic rings. The van der Waals surface area contributed by atoms with Gasteiger partial charge < -0.3 is 44.9 Å². The first-order valence-corrected chi connectivity index (χ1v) is 21.2. The van der Waals surface area contributed by atoms with Crippen LogP contribution in [0.5, 0.6) is 0 Å². The molecule has 320 valence electrons. The number of nitrogens with zero attached hydrogens (tertiary/aromatic N) is 1. The molecule has 2 aliphatic heterocycles. The Kier molecular flexibility index (Phi) is 13.7. The zero-order valence-corrected chi connectivity index (χ0v) is 35.6. The van der Waals surface area contributed by atoms with Crippen molar-refractivity contribution < 1.29 is 42.8 Å². The van der Waals surface area contributed by atoms with Gasteiger partial charge in [0.05, 0.1) is 17.6 Å². The number of nitrogens with one attached hydrogen (secondary N) is 4. The lowest BCUT2D eigenvalue weighted by atomic mass is 9.43. The fourth-order valence-electron chi connectivity index (χ4n) is 9.25. The molecular weight excluding hydrogens is 753 g/mol. The van der Waals surface area contributed by atoms with Crippen molar-refractivity contribution in [1.29, 1.82) is 0 Å². The summed E-state index contributed by atoms with van der Waals surface area (Å²) in [6.45, 7) is 15.0. The van der Waals surface area contributed by atoms with Crippen molar-refractivity contribution in [2.24, 2.45) is 17.3 Å². The molecule has 0 aromatic heterocycles. The summed E-state index contributed by atoms with van der Waals surface area (Å²) in [6.07, 6.45) is 3.95. The average molecular weight is 816 g/mol. The number of carbonyl (C=O) groups is 5. The predicted octanol–water partition coefficient (Wildman–Crippen LogP) is 5.67. The van der Waals surface area contributed by atoms with Crippen molar-refractivity contribution in [3.8, 4) is 0 Å². The van der Waals surface area contributed by atoms with Gasteiger partial charge in [0.25, 0.3) is 5.91 Å². The van der Waals surface area contributed by atoms with E-state index in [1.54, 1.807) is 52.0 Å². The average Bonchev–Trinajstić information content (AvgIpc) is 3.82. The SMILES string of the molecule is C[C@@H](NC(=O)c1ccc(CNC(=O)[C@H](CCCCNC(=O)OCc2ccccc2)NC(=O)OC(C)(C)C)cc1)C(=O)N1CCC[C@H]1B1O[C@@H]2C[C@@H]3C[C@@H](C3(C)C)[C@]2(C)O1. The van der Waals surface area contributed by atoms with E-state index in [4.69, 9.17) is 18.8 Å². The summed E-state index contributed by atoms with van der Waals surface area (Å²) in [5.41, 5.74) is 1.12. The number of hydrogen-bond acceptors (Lipinski definition) is 9. The zero-order chi connectivity index (χ0) is 42.5. The maximum Gasteiger partial charge on any atom is 0.481 e. The minimum atomic E-state index is -0.883. The van der Waals surface area contributed by atoms with Gasteiger partial charge in [-0.25, -0.2) is 9.59 Å². The number of likely N-dealkylation sites (tertiary alicyclic amines) is 1. The number of rotatable bonds is 15. The van der Waals surface area contributed by atoms with Crippen molar-refractivity contribution in [2.75, 3.05) is 13.1 Å². The molecule has 14 nitrogen and oxygen atoms in total. The van der Waals surface area contributed by atoms with Gasteiger partial charge in [-0.1, -0.05) is 56.3 Å². The molecule has 5 fully saturated rings. The Morgan fingerprint density at radius 1 is 0.915 bits per heavy atom. The molecule has 0 radical (unpaired) electrons. The van der Waals surface area contributed by atoms with Crippen molar-refractivity contribution >= 4 is 37.0 Å². The van der Waals surface area contributed by atoms with Crippen molar-refractivity contribution in [3.63, 3.8) is 0 Å². The van der Waals surface area contributed by atoms with Crippen LogP contribution < -0.4 is 21.3 Å². The van der Waals surface area contributed by atoms with Crippen LogP contribution >= 0.6 is 0 Å². The Morgan fingerprint density at radius 2 is 1.64 bits per heavy atom. The quantitative estimate of drug-likeness (QED) is 0.131. The van der Waals surface area contributed by atoms with E-state index < -0.39 is 42.9 Å². The zero-order valence-electron chi connectivity index (χ0n) is 35.6. The van der Waals surface area contributed by atoms with Crippen molar-refractivity contribution in [3.05, 3.63) is 71.3 Å². The van der Waals surface area contributed by atoms with E-state index in [-0.39, 0.29) is 48.0 Å². The summed E-state index contributed by atoms with van der Waals surface area (Å²) in [4.78, 5) is 66.9. The van der Waals surface area contributed by atoms with Crippen molar-refractivity contribution in [2.45, 2.75) is 142 Å². The van der Waals surface area contributed by atoms with Gasteiger partial charge in [-0.05, 0) is 120 Å². The number of benzene rings is 2. The monoisotopic (exact) mass is 815 g/mol. The van der Waals surface area contributed by atoms with Gasteiger partial charge in [0, 0.05) is 25.2 Å². The number of alkyl carbamates (subject to hydrolysis) is 2. The first-order chi connectivity index (χ1) is 27.9. The number of carbonyl (C=O) groups excluding carboxylic acids is 5. The lowest BCUT2D eigenvalue weighted by Gasteiger charge is -2.64. The van der Waals surface area contributed by atoms with Gasteiger partial charge in [0.15, 0.2) is 0 Å².